The van der Waals surface area contributed by atoms with Crippen molar-refractivity contribution in [1.29, 1.82) is 0 Å². The first-order valence-electron chi connectivity index (χ1n) is 6.31. The number of sulfone groups is 1. The largest absolute Gasteiger partial charge is 0.508 e. The van der Waals surface area contributed by atoms with Crippen molar-refractivity contribution in [3.05, 3.63) is 24.3 Å². The van der Waals surface area contributed by atoms with Gasteiger partial charge < -0.3 is 15.1 Å². The molecule has 8 heteroatoms. The number of carboxylic acid groups (broad SMARTS) is 1. The van der Waals surface area contributed by atoms with E-state index >= 15 is 0 Å². The number of phenolic OH excluding ortho intramolecular Hbond substituents is 1. The zero-order valence-electron chi connectivity index (χ0n) is 11.1. The molecule has 0 saturated carbocycles. The van der Waals surface area contributed by atoms with Crippen molar-refractivity contribution >= 4 is 27.4 Å². The fourth-order valence-electron chi connectivity index (χ4n) is 2.27. The number of hydrogen-bond acceptors (Lipinski definition) is 5. The van der Waals surface area contributed by atoms with Crippen LogP contribution < -0.4 is 4.90 Å². The number of benzene rings is 1. The summed E-state index contributed by atoms with van der Waals surface area (Å²) in [4.78, 5) is 24.4. The van der Waals surface area contributed by atoms with E-state index in [0.717, 1.165) is 4.90 Å². The average molecular weight is 313 g/mol. The number of carbonyl (C=O) groups is 2. The number of phenols is 1. The predicted octanol–water partition coefficient (Wildman–Crippen LogP) is 0.245. The molecule has 1 fully saturated rings. The zero-order valence-corrected chi connectivity index (χ0v) is 11.9. The lowest BCUT2D eigenvalue weighted by atomic mass is 10.1. The Bertz CT molecular complexity index is 652. The van der Waals surface area contributed by atoms with Gasteiger partial charge >= 0.3 is 5.97 Å². The van der Waals surface area contributed by atoms with Crippen LogP contribution in [0.5, 0.6) is 5.75 Å². The lowest BCUT2D eigenvalue weighted by Crippen LogP contribution is -2.40. The minimum Gasteiger partial charge on any atom is -0.508 e. The third kappa shape index (κ3) is 3.72. The fraction of sp³-hybridized carbons (Fsp3) is 0.385. The Morgan fingerprint density at radius 2 is 1.86 bits per heavy atom. The molecule has 1 atom stereocenters. The van der Waals surface area contributed by atoms with Crippen molar-refractivity contribution in [2.75, 3.05) is 23.0 Å². The summed E-state index contributed by atoms with van der Waals surface area (Å²) >= 11 is 0. The first kappa shape index (κ1) is 15.3. The number of carbonyl (C=O) groups excluding carboxylic acids is 1. The number of aromatic hydroxyl groups is 1. The number of aliphatic carboxylic acids is 1. The second-order valence-corrected chi connectivity index (χ2v) is 7.16. The molecule has 114 valence electrons. The van der Waals surface area contributed by atoms with Crippen molar-refractivity contribution in [2.24, 2.45) is 5.92 Å². The molecular formula is C13H15NO6S. The number of anilines is 1. The van der Waals surface area contributed by atoms with E-state index < -0.39 is 34.2 Å². The summed E-state index contributed by atoms with van der Waals surface area (Å²) in [6.45, 7) is -0.555. The summed E-state index contributed by atoms with van der Waals surface area (Å²) in [6.07, 6.45) is 0.204. The standard InChI is InChI=1S/C13H15NO6S/c15-11-3-1-10(2-4-11)14(7-12(16)17)13(18)9-5-6-21(19,20)8-9/h1-4,9,15H,5-8H2,(H,16,17). The van der Waals surface area contributed by atoms with Crippen LogP contribution in [0.4, 0.5) is 5.69 Å². The summed E-state index contributed by atoms with van der Waals surface area (Å²) in [5.74, 6) is -2.76. The van der Waals surface area contributed by atoms with Crippen LogP contribution in [0.15, 0.2) is 24.3 Å². The average Bonchev–Trinajstić information content (AvgIpc) is 2.76. The number of rotatable bonds is 4. The van der Waals surface area contributed by atoms with Crippen LogP contribution in [-0.2, 0) is 19.4 Å². The van der Waals surface area contributed by atoms with Gasteiger partial charge in [0.2, 0.25) is 5.91 Å². The van der Waals surface area contributed by atoms with Gasteiger partial charge in [0.05, 0.1) is 17.4 Å². The summed E-state index contributed by atoms with van der Waals surface area (Å²) in [5, 5.41) is 18.2. The third-order valence-electron chi connectivity index (χ3n) is 3.30. The van der Waals surface area contributed by atoms with Crippen molar-refractivity contribution in [3.8, 4) is 5.75 Å². The van der Waals surface area contributed by atoms with Gasteiger partial charge in [-0.25, -0.2) is 8.42 Å². The minimum atomic E-state index is -3.23. The Labute approximate surface area is 121 Å². The van der Waals surface area contributed by atoms with Gasteiger partial charge in [0.1, 0.15) is 12.3 Å². The van der Waals surface area contributed by atoms with Crippen molar-refractivity contribution < 1.29 is 28.2 Å². The van der Waals surface area contributed by atoms with E-state index in [2.05, 4.69) is 0 Å². The molecule has 1 aliphatic heterocycles. The Hall–Kier alpha value is -2.09. The minimum absolute atomic E-state index is 0.00934. The van der Waals surface area contributed by atoms with E-state index in [9.17, 15) is 23.1 Å². The number of hydrogen-bond donors (Lipinski definition) is 2. The van der Waals surface area contributed by atoms with E-state index in [1.807, 2.05) is 0 Å². The SMILES string of the molecule is O=C(O)CN(C(=O)C1CCS(=O)(=O)C1)c1ccc(O)cc1. The van der Waals surface area contributed by atoms with E-state index in [-0.39, 0.29) is 23.7 Å². The topological polar surface area (TPSA) is 112 Å². The Morgan fingerprint density at radius 1 is 1.24 bits per heavy atom. The van der Waals surface area contributed by atoms with Crippen molar-refractivity contribution in [3.63, 3.8) is 0 Å². The smallest absolute Gasteiger partial charge is 0.323 e. The first-order chi connectivity index (χ1) is 9.78. The second kappa shape index (κ2) is 5.72. The molecular weight excluding hydrogens is 298 g/mol. The summed E-state index contributed by atoms with van der Waals surface area (Å²) < 4.78 is 22.9. The second-order valence-electron chi connectivity index (χ2n) is 4.93. The highest BCUT2D eigenvalue weighted by atomic mass is 32.2. The quantitative estimate of drug-likeness (QED) is 0.824. The number of carboxylic acids is 1. The van der Waals surface area contributed by atoms with Crippen molar-refractivity contribution in [1.82, 2.24) is 0 Å². The molecule has 7 nitrogen and oxygen atoms in total. The molecule has 2 rings (SSSR count). The highest BCUT2D eigenvalue weighted by molar-refractivity contribution is 7.91. The molecule has 0 radical (unpaired) electrons. The van der Waals surface area contributed by atoms with Gasteiger partial charge in [-0.1, -0.05) is 0 Å². The molecule has 0 bridgehead atoms. The van der Waals surface area contributed by atoms with Gasteiger partial charge in [-0.3, -0.25) is 9.59 Å². The molecule has 1 aromatic rings. The highest BCUT2D eigenvalue weighted by Gasteiger charge is 2.36. The Balaban J connectivity index is 2.25. The normalized spacial score (nSPS) is 20.1. The molecule has 1 saturated heterocycles. The van der Waals surface area contributed by atoms with Crippen LogP contribution in [0, 0.1) is 5.92 Å². The van der Waals surface area contributed by atoms with E-state index in [1.165, 1.54) is 24.3 Å². The molecule has 0 aromatic heterocycles. The molecule has 2 N–H and O–H groups in total. The number of amides is 1. The van der Waals surface area contributed by atoms with Crippen LogP contribution in [0.2, 0.25) is 0 Å². The Kier molecular flexibility index (Phi) is 4.17. The van der Waals surface area contributed by atoms with E-state index in [1.54, 1.807) is 0 Å². The van der Waals surface area contributed by atoms with Gasteiger partial charge in [0, 0.05) is 5.69 Å². The molecule has 0 aliphatic carbocycles. The lowest BCUT2D eigenvalue weighted by molar-refractivity contribution is -0.137. The molecule has 1 amide bonds. The van der Waals surface area contributed by atoms with Gasteiger partial charge in [-0.15, -0.1) is 0 Å². The predicted molar refractivity (Wildman–Crippen MR) is 74.9 cm³/mol. The van der Waals surface area contributed by atoms with Crippen LogP contribution >= 0.6 is 0 Å². The monoisotopic (exact) mass is 313 g/mol. The summed E-state index contributed by atoms with van der Waals surface area (Å²) in [7, 11) is -3.23. The summed E-state index contributed by atoms with van der Waals surface area (Å²) in [5.41, 5.74) is 0.310. The highest BCUT2D eigenvalue weighted by Crippen LogP contribution is 2.25. The van der Waals surface area contributed by atoms with Gasteiger partial charge in [0.15, 0.2) is 9.84 Å². The maximum Gasteiger partial charge on any atom is 0.323 e. The van der Waals surface area contributed by atoms with Crippen LogP contribution in [0.25, 0.3) is 0 Å². The van der Waals surface area contributed by atoms with E-state index in [4.69, 9.17) is 5.11 Å². The van der Waals surface area contributed by atoms with Gasteiger partial charge in [-0.2, -0.15) is 0 Å². The van der Waals surface area contributed by atoms with E-state index in [0.29, 0.717) is 5.69 Å². The molecule has 21 heavy (non-hydrogen) atoms. The molecule has 1 aliphatic rings. The van der Waals surface area contributed by atoms with Crippen molar-refractivity contribution in [2.45, 2.75) is 6.42 Å². The number of nitrogens with zero attached hydrogens (tertiary/aromatic N) is 1. The summed E-state index contributed by atoms with van der Waals surface area (Å²) in [6, 6.07) is 5.50. The van der Waals surface area contributed by atoms with Gasteiger partial charge in [0.25, 0.3) is 0 Å². The molecule has 1 aromatic carbocycles. The lowest BCUT2D eigenvalue weighted by Gasteiger charge is -2.23. The van der Waals surface area contributed by atoms with Gasteiger partial charge in [-0.05, 0) is 30.7 Å². The maximum absolute atomic E-state index is 12.4. The molecule has 0 spiro atoms. The third-order valence-corrected chi connectivity index (χ3v) is 5.07. The fourth-order valence-corrected chi connectivity index (χ4v) is 4.01. The Morgan fingerprint density at radius 3 is 2.33 bits per heavy atom. The molecule has 1 heterocycles. The van der Waals surface area contributed by atoms with Crippen LogP contribution in [-0.4, -0.2) is 48.6 Å². The zero-order chi connectivity index (χ0) is 15.6. The first-order valence-corrected chi connectivity index (χ1v) is 8.13. The molecule has 1 unspecified atom stereocenters. The van der Waals surface area contributed by atoms with Crippen LogP contribution in [0.3, 0.4) is 0 Å². The maximum atomic E-state index is 12.4. The van der Waals surface area contributed by atoms with Crippen LogP contribution in [0.1, 0.15) is 6.42 Å².